The van der Waals surface area contributed by atoms with Gasteiger partial charge in [0.1, 0.15) is 11.4 Å². The number of hydrogen-bond acceptors (Lipinski definition) is 4. The minimum absolute atomic E-state index is 0.0655. The van der Waals surface area contributed by atoms with E-state index < -0.39 is 5.97 Å². The highest BCUT2D eigenvalue weighted by Crippen LogP contribution is 2.39. The predicted molar refractivity (Wildman–Crippen MR) is 93.7 cm³/mol. The minimum atomic E-state index is -0.928. The fourth-order valence-corrected chi connectivity index (χ4v) is 2.82. The number of nitrogens with zero attached hydrogens (tertiary/aromatic N) is 2. The maximum atomic E-state index is 10.7. The first kappa shape index (κ1) is 17.0. The summed E-state index contributed by atoms with van der Waals surface area (Å²) in [7, 11) is 0. The average molecular weight is 336 g/mol. The van der Waals surface area contributed by atoms with Crippen LogP contribution in [0.2, 0.25) is 0 Å². The number of aliphatic carboxylic acids is 1. The van der Waals surface area contributed by atoms with Gasteiger partial charge in [0, 0.05) is 11.1 Å². The Labute approximate surface area is 147 Å². The lowest BCUT2D eigenvalue weighted by atomic mass is 9.78. The number of aryl methyl sites for hydroxylation is 1. The second-order valence-electron chi connectivity index (χ2n) is 6.88. The topological polar surface area (TPSA) is 72.3 Å². The van der Waals surface area contributed by atoms with Gasteiger partial charge in [-0.2, -0.15) is 5.10 Å². The van der Waals surface area contributed by atoms with E-state index in [1.54, 1.807) is 12.1 Å². The lowest BCUT2D eigenvalue weighted by Crippen LogP contribution is -2.26. The van der Waals surface area contributed by atoms with Crippen molar-refractivity contribution in [3.05, 3.63) is 52.3 Å². The fraction of sp³-hybridized carbons (Fsp3) is 0.350. The summed E-state index contributed by atoms with van der Waals surface area (Å²) in [5.74, 6) is 6.17. The summed E-state index contributed by atoms with van der Waals surface area (Å²) in [4.78, 5) is 10.7. The first-order valence-electron chi connectivity index (χ1n) is 8.19. The van der Waals surface area contributed by atoms with Crippen LogP contribution in [0.1, 0.15) is 48.3 Å². The van der Waals surface area contributed by atoms with Gasteiger partial charge in [0.15, 0.2) is 0 Å². The number of aromatic nitrogens is 2. The molecule has 1 aromatic heterocycles. The summed E-state index contributed by atoms with van der Waals surface area (Å²) in [5, 5.41) is 16.6. The number of carboxylic acids is 1. The molecule has 0 atom stereocenters. The number of rotatable bonds is 2. The van der Waals surface area contributed by atoms with E-state index in [9.17, 15) is 4.79 Å². The standard InChI is InChI=1S/C20H20N2O3/c1-13-10-18-17(20(2,3)8-9-25-18)11-14(13)4-5-15-6-7-16(22-21-15)12-19(23)24/h6-7,10-11H,8-9,12H2,1-3H3,(H,23,24). The first-order valence-corrected chi connectivity index (χ1v) is 8.19. The van der Waals surface area contributed by atoms with E-state index in [0.29, 0.717) is 11.4 Å². The highest BCUT2D eigenvalue weighted by Gasteiger charge is 2.29. The van der Waals surface area contributed by atoms with Crippen molar-refractivity contribution in [1.82, 2.24) is 10.2 Å². The van der Waals surface area contributed by atoms with Gasteiger partial charge < -0.3 is 9.84 Å². The van der Waals surface area contributed by atoms with Gasteiger partial charge in [-0.3, -0.25) is 4.79 Å². The van der Waals surface area contributed by atoms with E-state index in [1.165, 1.54) is 5.56 Å². The van der Waals surface area contributed by atoms with E-state index in [1.807, 2.05) is 13.0 Å². The summed E-state index contributed by atoms with van der Waals surface area (Å²) in [6, 6.07) is 7.48. The van der Waals surface area contributed by atoms with Crippen LogP contribution in [0.3, 0.4) is 0 Å². The fourth-order valence-electron chi connectivity index (χ4n) is 2.82. The normalized spacial score (nSPS) is 14.7. The molecule has 25 heavy (non-hydrogen) atoms. The Morgan fingerprint density at radius 3 is 2.76 bits per heavy atom. The van der Waals surface area contributed by atoms with Crippen LogP contribution in [0.5, 0.6) is 5.75 Å². The molecule has 3 rings (SSSR count). The minimum Gasteiger partial charge on any atom is -0.493 e. The summed E-state index contributed by atoms with van der Waals surface area (Å²) in [6.45, 7) is 7.18. The molecule has 0 aliphatic carbocycles. The second kappa shape index (κ2) is 6.56. The summed E-state index contributed by atoms with van der Waals surface area (Å²) >= 11 is 0. The monoisotopic (exact) mass is 336 g/mol. The second-order valence-corrected chi connectivity index (χ2v) is 6.88. The van der Waals surface area contributed by atoms with Crippen LogP contribution in [0, 0.1) is 18.8 Å². The lowest BCUT2D eigenvalue weighted by Gasteiger charge is -2.32. The highest BCUT2D eigenvalue weighted by molar-refractivity contribution is 5.69. The van der Waals surface area contributed by atoms with Crippen molar-refractivity contribution < 1.29 is 14.6 Å². The third-order valence-electron chi connectivity index (χ3n) is 4.42. The molecule has 1 aromatic carbocycles. The molecule has 0 radical (unpaired) electrons. The molecule has 128 valence electrons. The first-order chi connectivity index (χ1) is 11.8. The molecular formula is C20H20N2O3. The largest absolute Gasteiger partial charge is 0.493 e. The molecule has 0 amide bonds. The van der Waals surface area contributed by atoms with E-state index in [0.717, 1.165) is 29.9 Å². The molecule has 0 saturated heterocycles. The van der Waals surface area contributed by atoms with Gasteiger partial charge in [0.2, 0.25) is 0 Å². The number of benzene rings is 1. The summed E-state index contributed by atoms with van der Waals surface area (Å²) in [5.41, 5.74) is 4.17. The molecular weight excluding hydrogens is 316 g/mol. The number of fused-ring (bicyclic) bond motifs is 1. The van der Waals surface area contributed by atoms with Gasteiger partial charge >= 0.3 is 5.97 Å². The van der Waals surface area contributed by atoms with Gasteiger partial charge in [0.05, 0.1) is 18.7 Å². The van der Waals surface area contributed by atoms with Gasteiger partial charge in [-0.15, -0.1) is 5.10 Å². The quantitative estimate of drug-likeness (QED) is 0.854. The Morgan fingerprint density at radius 1 is 1.28 bits per heavy atom. The van der Waals surface area contributed by atoms with Crippen LogP contribution < -0.4 is 4.74 Å². The molecule has 0 saturated carbocycles. The van der Waals surface area contributed by atoms with Crippen LogP contribution >= 0.6 is 0 Å². The molecule has 0 bridgehead atoms. The van der Waals surface area contributed by atoms with Crippen LogP contribution in [0.15, 0.2) is 24.3 Å². The van der Waals surface area contributed by atoms with E-state index in [2.05, 4.69) is 42.0 Å². The zero-order valence-corrected chi connectivity index (χ0v) is 14.6. The van der Waals surface area contributed by atoms with Crippen LogP contribution in [0.25, 0.3) is 0 Å². The summed E-state index contributed by atoms with van der Waals surface area (Å²) < 4.78 is 5.78. The Hall–Kier alpha value is -2.87. The Bertz CT molecular complexity index is 874. The molecule has 0 unspecified atom stereocenters. The Kier molecular flexibility index (Phi) is 4.45. The van der Waals surface area contributed by atoms with Crippen molar-refractivity contribution in [3.63, 3.8) is 0 Å². The van der Waals surface area contributed by atoms with Gasteiger partial charge in [0.25, 0.3) is 0 Å². The zero-order valence-electron chi connectivity index (χ0n) is 14.6. The number of ether oxygens (including phenoxy) is 1. The summed E-state index contributed by atoms with van der Waals surface area (Å²) in [6.07, 6.45) is 0.839. The Morgan fingerprint density at radius 2 is 2.08 bits per heavy atom. The van der Waals surface area contributed by atoms with E-state index in [-0.39, 0.29) is 11.8 Å². The number of carbonyl (C=O) groups is 1. The molecule has 1 N–H and O–H groups in total. The van der Waals surface area contributed by atoms with Crippen molar-refractivity contribution in [3.8, 4) is 17.6 Å². The van der Waals surface area contributed by atoms with Crippen molar-refractivity contribution in [2.24, 2.45) is 0 Å². The molecule has 5 heteroatoms. The smallest absolute Gasteiger partial charge is 0.309 e. The molecule has 0 spiro atoms. The van der Waals surface area contributed by atoms with Crippen LogP contribution in [-0.2, 0) is 16.6 Å². The molecule has 2 heterocycles. The molecule has 0 fully saturated rings. The van der Waals surface area contributed by atoms with Gasteiger partial charge in [-0.1, -0.05) is 19.8 Å². The maximum Gasteiger partial charge on any atom is 0.309 e. The van der Waals surface area contributed by atoms with E-state index >= 15 is 0 Å². The SMILES string of the molecule is Cc1cc2c(cc1C#Cc1ccc(CC(=O)O)nn1)C(C)(C)CCO2. The van der Waals surface area contributed by atoms with Gasteiger partial charge in [-0.05, 0) is 54.5 Å². The van der Waals surface area contributed by atoms with Crippen molar-refractivity contribution >= 4 is 5.97 Å². The third kappa shape index (κ3) is 3.80. The highest BCUT2D eigenvalue weighted by atomic mass is 16.5. The molecule has 1 aliphatic heterocycles. The zero-order chi connectivity index (χ0) is 18.0. The van der Waals surface area contributed by atoms with E-state index in [4.69, 9.17) is 9.84 Å². The number of carboxylic acid groups (broad SMARTS) is 1. The molecule has 1 aliphatic rings. The third-order valence-corrected chi connectivity index (χ3v) is 4.42. The average Bonchev–Trinajstić information content (AvgIpc) is 2.54. The van der Waals surface area contributed by atoms with Crippen molar-refractivity contribution in [2.75, 3.05) is 6.61 Å². The molecule has 5 nitrogen and oxygen atoms in total. The Balaban J connectivity index is 1.89. The molecule has 2 aromatic rings. The van der Waals surface area contributed by atoms with Crippen LogP contribution in [0.4, 0.5) is 0 Å². The number of hydrogen-bond donors (Lipinski definition) is 1. The van der Waals surface area contributed by atoms with Crippen LogP contribution in [-0.4, -0.2) is 27.9 Å². The predicted octanol–water partition coefficient (Wildman–Crippen LogP) is 2.87. The maximum absolute atomic E-state index is 10.7. The lowest BCUT2D eigenvalue weighted by molar-refractivity contribution is -0.136. The van der Waals surface area contributed by atoms with Crippen molar-refractivity contribution in [1.29, 1.82) is 0 Å². The van der Waals surface area contributed by atoms with Gasteiger partial charge in [-0.25, -0.2) is 0 Å². The van der Waals surface area contributed by atoms with Crippen molar-refractivity contribution in [2.45, 2.75) is 39.0 Å².